The average Bonchev–Trinajstić information content (AvgIpc) is 2.41. The number of hydrogen-bond donors (Lipinski definition) is 2. The predicted molar refractivity (Wildman–Crippen MR) is 76.8 cm³/mol. The zero-order valence-corrected chi connectivity index (χ0v) is 11.5. The molecule has 0 spiro atoms. The molecule has 1 rings (SSSR count). The van der Waals surface area contributed by atoms with Crippen LogP contribution < -0.4 is 0 Å². The van der Waals surface area contributed by atoms with Gasteiger partial charge in [0, 0.05) is 6.08 Å². The lowest BCUT2D eigenvalue weighted by molar-refractivity contribution is -0.136. The van der Waals surface area contributed by atoms with Gasteiger partial charge < -0.3 is 14.5 Å². The molecule has 5 nitrogen and oxygen atoms in total. The molecular weight excluding hydrogens is 279 g/mol. The van der Waals surface area contributed by atoms with Gasteiger partial charge in [0.05, 0.1) is 0 Å². The molecule has 106 valence electrons. The Bertz CT molecular complexity index is 554. The highest BCUT2D eigenvalue weighted by molar-refractivity contribution is 7.51. The van der Waals surface area contributed by atoms with Crippen LogP contribution in [0.25, 0.3) is 6.08 Å². The van der Waals surface area contributed by atoms with Gasteiger partial charge in [-0.15, -0.1) is 0 Å². The fraction of sp³-hybridized carbons (Fsp3) is 0.0714. The van der Waals surface area contributed by atoms with Crippen molar-refractivity contribution in [2.45, 2.75) is 0 Å². The Morgan fingerprint density at radius 1 is 1.10 bits per heavy atom. The summed E-state index contributed by atoms with van der Waals surface area (Å²) in [5.74, 6) is -0.801. The highest BCUT2D eigenvalue weighted by atomic mass is 31.2. The maximum atomic E-state index is 11.0. The molecule has 1 aromatic rings. The third-order valence-electron chi connectivity index (χ3n) is 2.03. The van der Waals surface area contributed by atoms with Crippen LogP contribution >= 0.6 is 7.60 Å². The molecule has 2 N–H and O–H groups in total. The van der Waals surface area contributed by atoms with E-state index in [9.17, 15) is 9.36 Å². The first-order chi connectivity index (χ1) is 9.47. The molecule has 0 aliphatic rings. The number of esters is 1. The third kappa shape index (κ3) is 8.21. The smallest absolute Gasteiger partial charge is 0.362 e. The van der Waals surface area contributed by atoms with Crippen molar-refractivity contribution in [3.63, 3.8) is 0 Å². The van der Waals surface area contributed by atoms with Gasteiger partial charge in [-0.05, 0) is 5.56 Å². The highest BCUT2D eigenvalue weighted by Gasteiger charge is 2.14. The maximum Gasteiger partial charge on any atom is 0.362 e. The largest absolute Gasteiger partial charge is 0.450 e. The number of carbonyl (C=O) groups is 1. The Hall–Kier alpha value is -1.94. The second-order valence-corrected chi connectivity index (χ2v) is 5.36. The molecule has 0 saturated carbocycles. The monoisotopic (exact) mass is 294 g/mol. The number of ether oxygens (including phenoxy) is 1. The molecule has 0 radical (unpaired) electrons. The molecule has 0 aliphatic carbocycles. The summed E-state index contributed by atoms with van der Waals surface area (Å²) in [5.41, 5.74) is 1.06. The molecule has 0 fully saturated rings. The standard InChI is InChI=1S/C14H15O5P/c15-14(19-12-20(16,17)18)11-7-2-1-4-8-13-9-5-3-6-10-13/h1-11H,12H2,(H2,16,17,18)/b2-1+,8-4+,11-7+. The van der Waals surface area contributed by atoms with Gasteiger partial charge in [-0.25, -0.2) is 4.79 Å². The minimum absolute atomic E-state index is 0.801. The summed E-state index contributed by atoms with van der Waals surface area (Å²) in [6.45, 7) is 0. The van der Waals surface area contributed by atoms with E-state index in [1.165, 1.54) is 6.08 Å². The molecule has 0 saturated heterocycles. The summed E-state index contributed by atoms with van der Waals surface area (Å²) >= 11 is 0. The Labute approximate surface area is 117 Å². The van der Waals surface area contributed by atoms with Crippen molar-refractivity contribution < 1.29 is 23.9 Å². The van der Waals surface area contributed by atoms with E-state index in [2.05, 4.69) is 4.74 Å². The summed E-state index contributed by atoms with van der Waals surface area (Å²) in [7, 11) is -4.31. The van der Waals surface area contributed by atoms with Crippen LogP contribution in [-0.4, -0.2) is 22.1 Å². The van der Waals surface area contributed by atoms with E-state index >= 15 is 0 Å². The minimum atomic E-state index is -4.31. The van der Waals surface area contributed by atoms with Gasteiger partial charge >= 0.3 is 13.6 Å². The second-order valence-electron chi connectivity index (χ2n) is 3.77. The zero-order valence-electron chi connectivity index (χ0n) is 10.6. The van der Waals surface area contributed by atoms with Crippen LogP contribution in [0.4, 0.5) is 0 Å². The first-order valence-electron chi connectivity index (χ1n) is 5.75. The van der Waals surface area contributed by atoms with E-state index in [1.54, 1.807) is 18.2 Å². The summed E-state index contributed by atoms with van der Waals surface area (Å²) in [6, 6.07) is 9.71. The minimum Gasteiger partial charge on any atom is -0.450 e. The fourth-order valence-corrected chi connectivity index (χ4v) is 1.48. The third-order valence-corrected chi connectivity index (χ3v) is 2.49. The number of carbonyl (C=O) groups excluding carboxylic acids is 1. The van der Waals surface area contributed by atoms with Crippen LogP contribution in [0.5, 0.6) is 0 Å². The van der Waals surface area contributed by atoms with Gasteiger partial charge in [-0.3, -0.25) is 4.57 Å². The van der Waals surface area contributed by atoms with Crippen LogP contribution in [0.2, 0.25) is 0 Å². The van der Waals surface area contributed by atoms with Crippen molar-refractivity contribution in [2.24, 2.45) is 0 Å². The van der Waals surface area contributed by atoms with Crippen LogP contribution in [0, 0.1) is 0 Å². The Morgan fingerprint density at radius 2 is 1.75 bits per heavy atom. The van der Waals surface area contributed by atoms with Crippen LogP contribution in [0.15, 0.2) is 60.7 Å². The molecule has 6 heteroatoms. The van der Waals surface area contributed by atoms with Gasteiger partial charge in [0.15, 0.2) is 6.35 Å². The molecule has 0 aromatic heterocycles. The first-order valence-corrected chi connectivity index (χ1v) is 7.55. The predicted octanol–water partition coefficient (Wildman–Crippen LogP) is 2.49. The van der Waals surface area contributed by atoms with Gasteiger partial charge in [-0.1, -0.05) is 60.7 Å². The SMILES string of the molecule is O=C(/C=C/C=C/C=C/c1ccccc1)OCP(=O)(O)O. The molecule has 0 heterocycles. The van der Waals surface area contributed by atoms with E-state index in [4.69, 9.17) is 9.79 Å². The zero-order chi connectivity index (χ0) is 14.8. The summed E-state index contributed by atoms with van der Waals surface area (Å²) in [4.78, 5) is 28.0. The second kappa shape index (κ2) is 8.27. The lowest BCUT2D eigenvalue weighted by Crippen LogP contribution is -2.02. The van der Waals surface area contributed by atoms with Crippen molar-refractivity contribution in [1.29, 1.82) is 0 Å². The number of rotatable bonds is 6. The van der Waals surface area contributed by atoms with E-state index in [-0.39, 0.29) is 0 Å². The molecule has 0 aliphatic heterocycles. The van der Waals surface area contributed by atoms with Crippen LogP contribution in [-0.2, 0) is 14.1 Å². The lowest BCUT2D eigenvalue weighted by atomic mass is 10.2. The molecule has 20 heavy (non-hydrogen) atoms. The number of benzene rings is 1. The summed E-state index contributed by atoms with van der Waals surface area (Å²) < 4.78 is 14.8. The summed E-state index contributed by atoms with van der Waals surface area (Å²) in [6.07, 6.45) is 8.64. The van der Waals surface area contributed by atoms with Gasteiger partial charge in [-0.2, -0.15) is 0 Å². The summed E-state index contributed by atoms with van der Waals surface area (Å²) in [5, 5.41) is 0. The molecule has 0 atom stereocenters. The average molecular weight is 294 g/mol. The Kier molecular flexibility index (Phi) is 6.67. The topological polar surface area (TPSA) is 83.8 Å². The van der Waals surface area contributed by atoms with Crippen molar-refractivity contribution >= 4 is 19.6 Å². The van der Waals surface area contributed by atoms with Crippen molar-refractivity contribution in [1.82, 2.24) is 0 Å². The molecular formula is C14H15O5P. The normalized spacial score (nSPS) is 12.5. The number of allylic oxidation sites excluding steroid dienone is 4. The molecule has 1 aromatic carbocycles. The van der Waals surface area contributed by atoms with E-state index < -0.39 is 19.9 Å². The highest BCUT2D eigenvalue weighted by Crippen LogP contribution is 2.33. The molecule has 0 bridgehead atoms. The first kappa shape index (κ1) is 16.1. The molecule has 0 amide bonds. The van der Waals surface area contributed by atoms with Gasteiger partial charge in [0.1, 0.15) is 0 Å². The van der Waals surface area contributed by atoms with Crippen molar-refractivity contribution in [3.8, 4) is 0 Å². The van der Waals surface area contributed by atoms with Crippen LogP contribution in [0.3, 0.4) is 0 Å². The fourth-order valence-electron chi connectivity index (χ4n) is 1.19. The van der Waals surface area contributed by atoms with Crippen molar-refractivity contribution in [2.75, 3.05) is 6.35 Å². The van der Waals surface area contributed by atoms with E-state index in [0.717, 1.165) is 11.6 Å². The van der Waals surface area contributed by atoms with Crippen LogP contribution in [0.1, 0.15) is 5.56 Å². The Balaban J connectivity index is 2.33. The van der Waals surface area contributed by atoms with Crippen molar-refractivity contribution in [3.05, 3.63) is 66.3 Å². The van der Waals surface area contributed by atoms with Gasteiger partial charge in [0.2, 0.25) is 0 Å². The maximum absolute atomic E-state index is 11.0. The van der Waals surface area contributed by atoms with E-state index in [1.807, 2.05) is 36.4 Å². The Morgan fingerprint density at radius 3 is 2.40 bits per heavy atom. The lowest BCUT2D eigenvalue weighted by Gasteiger charge is -2.02. The number of hydrogen-bond acceptors (Lipinski definition) is 3. The quantitative estimate of drug-likeness (QED) is 0.364. The van der Waals surface area contributed by atoms with E-state index in [0.29, 0.717) is 0 Å². The van der Waals surface area contributed by atoms with Gasteiger partial charge in [0.25, 0.3) is 0 Å². The molecule has 0 unspecified atom stereocenters.